The number of benzene rings is 1. The van der Waals surface area contributed by atoms with E-state index in [2.05, 4.69) is 13.0 Å². The average Bonchev–Trinajstić information content (AvgIpc) is 3.12. The van der Waals surface area contributed by atoms with E-state index in [0.717, 1.165) is 56.0 Å². The Morgan fingerprint density at radius 1 is 1.29 bits per heavy atom. The van der Waals surface area contributed by atoms with Gasteiger partial charge in [0.2, 0.25) is 5.91 Å². The number of ether oxygens (including phenoxy) is 2. The van der Waals surface area contributed by atoms with Gasteiger partial charge in [-0.05, 0) is 12.5 Å². The van der Waals surface area contributed by atoms with Gasteiger partial charge in [-0.2, -0.15) is 0 Å². The van der Waals surface area contributed by atoms with Crippen LogP contribution in [-0.4, -0.2) is 31.1 Å². The summed E-state index contributed by atoms with van der Waals surface area (Å²) >= 11 is 0. The molecule has 0 spiro atoms. The molecule has 1 aromatic carbocycles. The number of amides is 1. The largest absolute Gasteiger partial charge is 0.493 e. The van der Waals surface area contributed by atoms with Crippen molar-refractivity contribution in [1.29, 1.82) is 0 Å². The highest BCUT2D eigenvalue weighted by Crippen LogP contribution is 2.41. The maximum absolute atomic E-state index is 12.2. The maximum atomic E-state index is 12.2. The molecule has 2 aliphatic heterocycles. The van der Waals surface area contributed by atoms with Crippen molar-refractivity contribution < 1.29 is 14.3 Å². The molecule has 0 atom stereocenters. The molecule has 2 aliphatic rings. The van der Waals surface area contributed by atoms with Crippen molar-refractivity contribution in [2.45, 2.75) is 45.6 Å². The summed E-state index contributed by atoms with van der Waals surface area (Å²) in [6.45, 7) is 4.20. The first-order chi connectivity index (χ1) is 10.2. The molecule has 4 heteroatoms. The minimum Gasteiger partial charge on any atom is -0.493 e. The van der Waals surface area contributed by atoms with Gasteiger partial charge in [0.1, 0.15) is 11.5 Å². The van der Waals surface area contributed by atoms with Gasteiger partial charge in [0.05, 0.1) is 13.2 Å². The van der Waals surface area contributed by atoms with Crippen LogP contribution in [-0.2, 0) is 24.2 Å². The van der Waals surface area contributed by atoms with Crippen LogP contribution in [0.2, 0.25) is 0 Å². The van der Waals surface area contributed by atoms with Crippen molar-refractivity contribution in [1.82, 2.24) is 4.90 Å². The molecule has 4 nitrogen and oxygen atoms in total. The van der Waals surface area contributed by atoms with Crippen molar-refractivity contribution in [3.8, 4) is 11.5 Å². The third kappa shape index (κ3) is 2.71. The van der Waals surface area contributed by atoms with Gasteiger partial charge in [0, 0.05) is 49.5 Å². The van der Waals surface area contributed by atoms with Gasteiger partial charge in [-0.3, -0.25) is 4.79 Å². The lowest BCUT2D eigenvalue weighted by Gasteiger charge is -2.20. The van der Waals surface area contributed by atoms with E-state index in [1.54, 1.807) is 0 Å². The van der Waals surface area contributed by atoms with E-state index >= 15 is 0 Å². The first-order valence-electron chi connectivity index (χ1n) is 7.88. The molecule has 21 heavy (non-hydrogen) atoms. The molecule has 114 valence electrons. The monoisotopic (exact) mass is 289 g/mol. The van der Waals surface area contributed by atoms with Crippen molar-refractivity contribution in [3.05, 3.63) is 22.8 Å². The lowest BCUT2D eigenvalue weighted by Crippen LogP contribution is -2.26. The molecule has 0 aromatic heterocycles. The number of unbranched alkanes of at least 4 members (excludes halogenated alkanes) is 1. The molecule has 0 unspecified atom stereocenters. The third-order valence-electron chi connectivity index (χ3n) is 4.33. The fraction of sp³-hybridized carbons (Fsp3) is 0.588. The van der Waals surface area contributed by atoms with Crippen molar-refractivity contribution in [3.63, 3.8) is 0 Å². The van der Waals surface area contributed by atoms with E-state index < -0.39 is 0 Å². The smallest absolute Gasteiger partial charge is 0.222 e. The first kappa shape index (κ1) is 14.2. The first-order valence-corrected chi connectivity index (χ1v) is 7.88. The molecule has 0 saturated heterocycles. The van der Waals surface area contributed by atoms with Crippen LogP contribution in [0.25, 0.3) is 0 Å². The van der Waals surface area contributed by atoms with Gasteiger partial charge >= 0.3 is 0 Å². The Labute approximate surface area is 126 Å². The number of carbonyl (C=O) groups is 1. The van der Waals surface area contributed by atoms with Gasteiger partial charge in [-0.1, -0.05) is 13.3 Å². The van der Waals surface area contributed by atoms with Crippen molar-refractivity contribution in [2.75, 3.05) is 20.3 Å². The normalized spacial score (nSPS) is 15.1. The number of nitrogens with zero attached hydrogens (tertiary/aromatic N) is 1. The second-order valence-electron chi connectivity index (χ2n) is 5.87. The molecule has 0 N–H and O–H groups in total. The molecular weight excluding hydrogens is 266 g/mol. The second kappa shape index (κ2) is 5.96. The number of hydrogen-bond acceptors (Lipinski definition) is 3. The summed E-state index contributed by atoms with van der Waals surface area (Å²) in [6, 6.07) is 2.12. The molecule has 1 aromatic rings. The Hall–Kier alpha value is -1.71. The van der Waals surface area contributed by atoms with Crippen LogP contribution in [0.5, 0.6) is 11.5 Å². The predicted octanol–water partition coefficient (Wildman–Crippen LogP) is 2.71. The van der Waals surface area contributed by atoms with Crippen LogP contribution in [0.15, 0.2) is 6.07 Å². The van der Waals surface area contributed by atoms with E-state index in [0.29, 0.717) is 13.0 Å². The SMILES string of the molecule is CCCCC(=O)N(C)Cc1c2c(cc3c1OCC3)OCC2. The third-order valence-corrected chi connectivity index (χ3v) is 4.33. The van der Waals surface area contributed by atoms with Crippen LogP contribution in [0.4, 0.5) is 0 Å². The molecule has 3 rings (SSSR count). The Kier molecular flexibility index (Phi) is 4.04. The molecule has 0 fully saturated rings. The molecular formula is C17H23NO3. The summed E-state index contributed by atoms with van der Waals surface area (Å²) in [6.07, 6.45) is 4.48. The minimum atomic E-state index is 0.208. The molecule has 0 radical (unpaired) electrons. The van der Waals surface area contributed by atoms with Crippen LogP contribution in [0.3, 0.4) is 0 Å². The summed E-state index contributed by atoms with van der Waals surface area (Å²) in [7, 11) is 1.88. The molecule has 1 amide bonds. The van der Waals surface area contributed by atoms with E-state index in [4.69, 9.17) is 9.47 Å². The van der Waals surface area contributed by atoms with Crippen LogP contribution < -0.4 is 9.47 Å². The summed E-state index contributed by atoms with van der Waals surface area (Å²) < 4.78 is 11.5. The highest BCUT2D eigenvalue weighted by molar-refractivity contribution is 5.76. The number of carbonyl (C=O) groups excluding carboxylic acids is 1. The number of hydrogen-bond donors (Lipinski definition) is 0. The molecule has 0 saturated carbocycles. The zero-order chi connectivity index (χ0) is 14.8. The second-order valence-corrected chi connectivity index (χ2v) is 5.87. The van der Waals surface area contributed by atoms with E-state index in [1.807, 2.05) is 11.9 Å². The lowest BCUT2D eigenvalue weighted by molar-refractivity contribution is -0.130. The Morgan fingerprint density at radius 3 is 2.90 bits per heavy atom. The number of rotatable bonds is 5. The lowest BCUT2D eigenvalue weighted by atomic mass is 9.99. The highest BCUT2D eigenvalue weighted by atomic mass is 16.5. The molecule has 0 aliphatic carbocycles. The van der Waals surface area contributed by atoms with Crippen molar-refractivity contribution >= 4 is 5.91 Å². The number of fused-ring (bicyclic) bond motifs is 2. The van der Waals surface area contributed by atoms with E-state index in [9.17, 15) is 4.79 Å². The van der Waals surface area contributed by atoms with Crippen LogP contribution in [0.1, 0.15) is 42.9 Å². The Balaban J connectivity index is 1.83. The predicted molar refractivity (Wildman–Crippen MR) is 80.8 cm³/mol. The highest BCUT2D eigenvalue weighted by Gasteiger charge is 2.27. The topological polar surface area (TPSA) is 38.8 Å². The van der Waals surface area contributed by atoms with Crippen LogP contribution in [0, 0.1) is 0 Å². The van der Waals surface area contributed by atoms with Gasteiger partial charge in [0.25, 0.3) is 0 Å². The minimum absolute atomic E-state index is 0.208. The summed E-state index contributed by atoms with van der Waals surface area (Å²) in [5.41, 5.74) is 3.61. The fourth-order valence-corrected chi connectivity index (χ4v) is 3.10. The van der Waals surface area contributed by atoms with E-state index in [-0.39, 0.29) is 5.91 Å². The zero-order valence-corrected chi connectivity index (χ0v) is 12.9. The average molecular weight is 289 g/mol. The summed E-state index contributed by atoms with van der Waals surface area (Å²) in [5.74, 6) is 2.19. The maximum Gasteiger partial charge on any atom is 0.222 e. The van der Waals surface area contributed by atoms with Gasteiger partial charge < -0.3 is 14.4 Å². The van der Waals surface area contributed by atoms with Crippen molar-refractivity contribution in [2.24, 2.45) is 0 Å². The van der Waals surface area contributed by atoms with Gasteiger partial charge in [0.15, 0.2) is 0 Å². The Morgan fingerprint density at radius 2 is 2.10 bits per heavy atom. The van der Waals surface area contributed by atoms with Crippen LogP contribution >= 0.6 is 0 Å². The van der Waals surface area contributed by atoms with E-state index in [1.165, 1.54) is 11.1 Å². The Bertz CT molecular complexity index is 521. The standard InChI is InChI=1S/C17H23NO3/c1-3-4-5-16(19)18(2)11-14-13-7-9-20-15(13)10-12-6-8-21-17(12)14/h10H,3-9,11H2,1-2H3. The van der Waals surface area contributed by atoms with Gasteiger partial charge in [-0.25, -0.2) is 0 Å². The summed E-state index contributed by atoms with van der Waals surface area (Å²) in [5, 5.41) is 0. The van der Waals surface area contributed by atoms with Gasteiger partial charge in [-0.15, -0.1) is 0 Å². The quantitative estimate of drug-likeness (QED) is 0.836. The molecule has 0 bridgehead atoms. The summed E-state index contributed by atoms with van der Waals surface area (Å²) in [4.78, 5) is 14.0. The zero-order valence-electron chi connectivity index (χ0n) is 12.9. The fourth-order valence-electron chi connectivity index (χ4n) is 3.10. The molecule has 2 heterocycles.